The minimum atomic E-state index is -0.0857. The molecule has 1 fully saturated rings. The monoisotopic (exact) mass is 355 g/mol. The van der Waals surface area contributed by atoms with E-state index in [4.69, 9.17) is 0 Å². The molecule has 0 N–H and O–H groups in total. The predicted molar refractivity (Wildman–Crippen MR) is 105 cm³/mol. The Hall–Kier alpha value is -1.64. The maximum atomic E-state index is 13.1. The maximum absolute atomic E-state index is 13.1. The fourth-order valence-corrected chi connectivity index (χ4v) is 4.35. The predicted octanol–water partition coefficient (Wildman–Crippen LogP) is 4.56. The fourth-order valence-electron chi connectivity index (χ4n) is 4.35. The quantitative estimate of drug-likeness (QED) is 0.804. The van der Waals surface area contributed by atoms with E-state index in [-0.39, 0.29) is 17.8 Å². The summed E-state index contributed by atoms with van der Waals surface area (Å²) < 4.78 is 0. The van der Waals surface area contributed by atoms with Crippen LogP contribution >= 0.6 is 12.4 Å². The van der Waals surface area contributed by atoms with Gasteiger partial charge in [0.05, 0.1) is 0 Å². The van der Waals surface area contributed by atoms with Crippen molar-refractivity contribution in [1.82, 2.24) is 4.90 Å². The number of benzene rings is 2. The number of nitrogens with zero attached hydrogens (tertiary/aromatic N) is 1. The third-order valence-electron chi connectivity index (χ3n) is 5.99. The number of hydrogen-bond donors (Lipinski definition) is 0. The van der Waals surface area contributed by atoms with Crippen LogP contribution in [0.3, 0.4) is 0 Å². The Morgan fingerprint density at radius 2 is 1.56 bits per heavy atom. The summed E-state index contributed by atoms with van der Waals surface area (Å²) in [5.41, 5.74) is 3.55. The van der Waals surface area contributed by atoms with Gasteiger partial charge in [0.25, 0.3) is 0 Å². The van der Waals surface area contributed by atoms with E-state index in [9.17, 15) is 4.79 Å². The van der Waals surface area contributed by atoms with E-state index in [0.717, 1.165) is 57.3 Å². The minimum absolute atomic E-state index is 0. The van der Waals surface area contributed by atoms with Gasteiger partial charge in [-0.2, -0.15) is 0 Å². The van der Waals surface area contributed by atoms with Crippen LogP contribution in [0.1, 0.15) is 40.7 Å². The highest BCUT2D eigenvalue weighted by atomic mass is 35.5. The number of hydrogen-bond acceptors (Lipinski definition) is 2. The molecule has 0 saturated carbocycles. The molecule has 0 unspecified atom stereocenters. The van der Waals surface area contributed by atoms with Crippen LogP contribution in [0.5, 0.6) is 0 Å². The summed E-state index contributed by atoms with van der Waals surface area (Å²) >= 11 is 0. The number of fused-ring (bicyclic) bond motifs is 1. The van der Waals surface area contributed by atoms with Crippen molar-refractivity contribution in [2.75, 3.05) is 19.6 Å². The molecule has 3 heteroatoms. The van der Waals surface area contributed by atoms with E-state index in [0.29, 0.717) is 5.78 Å². The first kappa shape index (κ1) is 18.2. The van der Waals surface area contributed by atoms with Crippen molar-refractivity contribution in [1.29, 1.82) is 0 Å². The van der Waals surface area contributed by atoms with E-state index < -0.39 is 0 Å². The van der Waals surface area contributed by atoms with E-state index in [1.54, 1.807) is 0 Å². The zero-order valence-electron chi connectivity index (χ0n) is 14.6. The molecular formula is C22H26ClNO. The Bertz CT molecular complexity index is 720. The lowest BCUT2D eigenvalue weighted by atomic mass is 9.65. The summed E-state index contributed by atoms with van der Waals surface area (Å²) in [6.45, 7) is 3.21. The first-order chi connectivity index (χ1) is 11.8. The maximum Gasteiger partial charge on any atom is 0.169 e. The summed E-state index contributed by atoms with van der Waals surface area (Å²) in [7, 11) is 0. The van der Waals surface area contributed by atoms with Gasteiger partial charge in [-0.05, 0) is 56.3 Å². The van der Waals surface area contributed by atoms with Crippen LogP contribution in [0.2, 0.25) is 0 Å². The smallest absolute Gasteiger partial charge is 0.169 e. The van der Waals surface area contributed by atoms with Gasteiger partial charge in [-0.15, -0.1) is 12.4 Å². The number of carbonyl (C=O) groups excluding carboxylic acids is 1. The molecule has 25 heavy (non-hydrogen) atoms. The van der Waals surface area contributed by atoms with Crippen LogP contribution in [0.25, 0.3) is 0 Å². The van der Waals surface area contributed by atoms with Gasteiger partial charge in [-0.3, -0.25) is 4.79 Å². The minimum Gasteiger partial charge on any atom is -0.303 e. The number of aryl methyl sites for hydroxylation is 1. The third-order valence-corrected chi connectivity index (χ3v) is 5.99. The molecule has 1 aliphatic heterocycles. The van der Waals surface area contributed by atoms with Crippen molar-refractivity contribution in [3.63, 3.8) is 0 Å². The van der Waals surface area contributed by atoms with Gasteiger partial charge < -0.3 is 4.90 Å². The van der Waals surface area contributed by atoms with Crippen molar-refractivity contribution in [2.45, 2.75) is 32.1 Å². The Morgan fingerprint density at radius 1 is 0.880 bits per heavy atom. The highest BCUT2D eigenvalue weighted by Crippen LogP contribution is 2.43. The average Bonchev–Trinajstić information content (AvgIpc) is 2.65. The fraction of sp³-hybridized carbons (Fsp3) is 0.409. The van der Waals surface area contributed by atoms with Gasteiger partial charge in [0.1, 0.15) is 0 Å². The number of ketones is 1. The molecule has 2 aromatic carbocycles. The number of carbonyl (C=O) groups is 1. The Kier molecular flexibility index (Phi) is 5.61. The first-order valence-corrected chi connectivity index (χ1v) is 9.16. The van der Waals surface area contributed by atoms with Crippen LogP contribution < -0.4 is 0 Å². The lowest BCUT2D eigenvalue weighted by molar-refractivity contribution is 0.0544. The second-order valence-corrected chi connectivity index (χ2v) is 7.34. The standard InChI is InChI=1S/C22H25NO.ClH/c24-21-20-9-5-4-8-19(20)10-12-22(21)13-16-23(17-14-22)15-11-18-6-2-1-3-7-18;/h1-9H,10-17H2;1H. The molecule has 0 atom stereocenters. The molecule has 2 aromatic rings. The van der Waals surface area contributed by atoms with Crippen molar-refractivity contribution in [2.24, 2.45) is 5.41 Å². The van der Waals surface area contributed by atoms with Crippen LogP contribution in [-0.4, -0.2) is 30.3 Å². The molecule has 4 rings (SSSR count). The number of rotatable bonds is 3. The molecule has 132 valence electrons. The van der Waals surface area contributed by atoms with E-state index >= 15 is 0 Å². The lowest BCUT2D eigenvalue weighted by Crippen LogP contribution is -2.46. The van der Waals surface area contributed by atoms with Gasteiger partial charge in [0.2, 0.25) is 0 Å². The SMILES string of the molecule is Cl.O=C1c2ccccc2CCC12CCN(CCc1ccccc1)CC2. The molecule has 0 aromatic heterocycles. The zero-order valence-corrected chi connectivity index (χ0v) is 15.4. The number of likely N-dealkylation sites (tertiary alicyclic amines) is 1. The molecule has 1 heterocycles. The van der Waals surface area contributed by atoms with Gasteiger partial charge in [0, 0.05) is 17.5 Å². The van der Waals surface area contributed by atoms with Crippen LogP contribution in [-0.2, 0) is 12.8 Å². The third kappa shape index (κ3) is 3.65. The molecule has 1 spiro atoms. The number of piperidine rings is 1. The van der Waals surface area contributed by atoms with Crippen molar-refractivity contribution < 1.29 is 4.79 Å². The largest absolute Gasteiger partial charge is 0.303 e. The van der Waals surface area contributed by atoms with Gasteiger partial charge in [-0.1, -0.05) is 54.6 Å². The van der Waals surface area contributed by atoms with Crippen molar-refractivity contribution in [3.8, 4) is 0 Å². The molecule has 2 aliphatic rings. The molecular weight excluding hydrogens is 330 g/mol. The van der Waals surface area contributed by atoms with E-state index in [1.807, 2.05) is 12.1 Å². The summed E-state index contributed by atoms with van der Waals surface area (Å²) in [6, 6.07) is 18.9. The Labute approximate surface area is 156 Å². The van der Waals surface area contributed by atoms with Gasteiger partial charge >= 0.3 is 0 Å². The van der Waals surface area contributed by atoms with Gasteiger partial charge in [0.15, 0.2) is 5.78 Å². The van der Waals surface area contributed by atoms with Crippen molar-refractivity contribution >= 4 is 18.2 Å². The first-order valence-electron chi connectivity index (χ1n) is 9.16. The molecule has 2 nitrogen and oxygen atoms in total. The van der Waals surface area contributed by atoms with Gasteiger partial charge in [-0.25, -0.2) is 0 Å². The summed E-state index contributed by atoms with van der Waals surface area (Å²) in [5.74, 6) is 0.409. The van der Waals surface area contributed by atoms with E-state index in [1.165, 1.54) is 11.1 Å². The highest BCUT2D eigenvalue weighted by Gasteiger charge is 2.44. The second kappa shape index (κ2) is 7.72. The molecule has 1 saturated heterocycles. The Balaban J connectivity index is 0.00000182. The van der Waals surface area contributed by atoms with Crippen LogP contribution in [0.15, 0.2) is 54.6 Å². The summed E-state index contributed by atoms with van der Waals surface area (Å²) in [5, 5.41) is 0. The highest BCUT2D eigenvalue weighted by molar-refractivity contribution is 6.02. The lowest BCUT2D eigenvalue weighted by Gasteiger charge is -2.43. The topological polar surface area (TPSA) is 20.3 Å². The second-order valence-electron chi connectivity index (χ2n) is 7.34. The van der Waals surface area contributed by atoms with Crippen molar-refractivity contribution in [3.05, 3.63) is 71.3 Å². The van der Waals surface area contributed by atoms with E-state index in [2.05, 4.69) is 47.4 Å². The summed E-state index contributed by atoms with van der Waals surface area (Å²) in [4.78, 5) is 15.6. The van der Waals surface area contributed by atoms with Crippen LogP contribution in [0.4, 0.5) is 0 Å². The average molecular weight is 356 g/mol. The number of halogens is 1. The molecule has 0 bridgehead atoms. The molecule has 1 aliphatic carbocycles. The summed E-state index contributed by atoms with van der Waals surface area (Å²) in [6.07, 6.45) is 5.25. The Morgan fingerprint density at radius 3 is 2.32 bits per heavy atom. The molecule has 0 radical (unpaired) electrons. The van der Waals surface area contributed by atoms with Crippen LogP contribution in [0, 0.1) is 5.41 Å². The number of Topliss-reactive ketones (excluding diaryl/α,β-unsaturated/α-hetero) is 1. The normalized spacial score (nSPS) is 19.3. The molecule has 0 amide bonds. The zero-order chi connectivity index (χ0) is 16.4.